The number of benzene rings is 1. The van der Waals surface area contributed by atoms with Gasteiger partial charge in [0.15, 0.2) is 0 Å². The lowest BCUT2D eigenvalue weighted by Gasteiger charge is -2.42. The summed E-state index contributed by atoms with van der Waals surface area (Å²) in [5.74, 6) is 0. The van der Waals surface area contributed by atoms with Crippen LogP contribution >= 0.6 is 15.9 Å². The molecule has 0 saturated heterocycles. The van der Waals surface area contributed by atoms with Gasteiger partial charge in [0.2, 0.25) is 0 Å². The number of H-pyrrole nitrogens is 2. The SMILES string of the molecule is COC1(CC(Br)c2ccc3[nH]c(=O)c(=O)[nH]c3c2)CCC1. The van der Waals surface area contributed by atoms with Crippen LogP contribution in [-0.4, -0.2) is 22.7 Å². The molecular formula is C15H17BrN2O3. The van der Waals surface area contributed by atoms with E-state index in [0.29, 0.717) is 11.0 Å². The van der Waals surface area contributed by atoms with Gasteiger partial charge in [0.1, 0.15) is 0 Å². The first kappa shape index (κ1) is 14.5. The van der Waals surface area contributed by atoms with Crippen LogP contribution in [0.1, 0.15) is 36.1 Å². The number of hydrogen-bond donors (Lipinski definition) is 2. The zero-order chi connectivity index (χ0) is 15.0. The van der Waals surface area contributed by atoms with Crippen molar-refractivity contribution >= 4 is 27.0 Å². The molecule has 1 fully saturated rings. The standard InChI is InChI=1S/C15H17BrN2O3/c1-21-15(5-2-6-15)8-10(16)9-3-4-11-12(7-9)18-14(20)13(19)17-11/h3-4,7,10H,2,5-6,8H2,1H3,(H,17,19)(H,18,20). The van der Waals surface area contributed by atoms with Crippen molar-refractivity contribution in [1.29, 1.82) is 0 Å². The molecule has 1 atom stereocenters. The zero-order valence-corrected chi connectivity index (χ0v) is 13.3. The molecule has 1 aliphatic carbocycles. The molecule has 1 aromatic carbocycles. The number of nitrogens with one attached hydrogen (secondary N) is 2. The molecule has 0 amide bonds. The summed E-state index contributed by atoms with van der Waals surface area (Å²) in [6, 6.07) is 5.67. The van der Waals surface area contributed by atoms with E-state index >= 15 is 0 Å². The second-order valence-corrected chi connectivity index (χ2v) is 6.73. The maximum absolute atomic E-state index is 11.4. The normalized spacial score (nSPS) is 18.4. The molecule has 3 rings (SSSR count). The Morgan fingerprint density at radius 3 is 2.48 bits per heavy atom. The maximum atomic E-state index is 11.4. The van der Waals surface area contributed by atoms with Gasteiger partial charge in [-0.3, -0.25) is 9.59 Å². The highest BCUT2D eigenvalue weighted by Gasteiger charge is 2.38. The van der Waals surface area contributed by atoms with E-state index < -0.39 is 11.1 Å². The fourth-order valence-corrected chi connectivity index (χ4v) is 3.71. The molecule has 6 heteroatoms. The Kier molecular flexibility index (Phi) is 3.75. The van der Waals surface area contributed by atoms with Gasteiger partial charge >= 0.3 is 11.1 Å². The summed E-state index contributed by atoms with van der Waals surface area (Å²) < 4.78 is 5.65. The first-order valence-corrected chi connectivity index (χ1v) is 7.90. The van der Waals surface area contributed by atoms with E-state index in [9.17, 15) is 9.59 Å². The van der Waals surface area contributed by atoms with Gasteiger partial charge in [0.05, 0.1) is 16.6 Å². The van der Waals surface area contributed by atoms with Crippen molar-refractivity contribution in [2.45, 2.75) is 36.1 Å². The molecule has 1 aliphatic rings. The Hall–Kier alpha value is -1.40. The lowest BCUT2D eigenvalue weighted by atomic mass is 9.76. The van der Waals surface area contributed by atoms with Crippen LogP contribution in [0.2, 0.25) is 0 Å². The second kappa shape index (κ2) is 5.42. The van der Waals surface area contributed by atoms with Gasteiger partial charge in [-0.25, -0.2) is 0 Å². The average Bonchev–Trinajstić information content (AvgIpc) is 2.43. The summed E-state index contributed by atoms with van der Waals surface area (Å²) in [7, 11) is 1.77. The Labute approximate surface area is 129 Å². The summed E-state index contributed by atoms with van der Waals surface area (Å²) in [5, 5.41) is 0. The third-order valence-corrected chi connectivity index (χ3v) is 5.21. The number of hydrogen-bond acceptors (Lipinski definition) is 3. The molecule has 1 aromatic heterocycles. The zero-order valence-electron chi connectivity index (χ0n) is 11.7. The molecule has 5 nitrogen and oxygen atoms in total. The highest BCUT2D eigenvalue weighted by molar-refractivity contribution is 9.09. The Morgan fingerprint density at radius 2 is 1.90 bits per heavy atom. The van der Waals surface area contributed by atoms with E-state index in [1.165, 1.54) is 6.42 Å². The molecule has 1 unspecified atom stereocenters. The predicted octanol–water partition coefficient (Wildman–Crippen LogP) is 2.61. The summed E-state index contributed by atoms with van der Waals surface area (Å²) in [4.78, 5) is 28.0. The molecule has 0 radical (unpaired) electrons. The summed E-state index contributed by atoms with van der Waals surface area (Å²) in [6.07, 6.45) is 4.27. The van der Waals surface area contributed by atoms with Gasteiger partial charge in [-0.15, -0.1) is 0 Å². The van der Waals surface area contributed by atoms with Gasteiger partial charge in [-0.2, -0.15) is 0 Å². The van der Waals surface area contributed by atoms with Crippen LogP contribution in [0.4, 0.5) is 0 Å². The third kappa shape index (κ3) is 2.70. The first-order valence-electron chi connectivity index (χ1n) is 6.98. The molecule has 2 N–H and O–H groups in total. The Bertz CT molecular complexity index is 771. The molecule has 1 heterocycles. The van der Waals surface area contributed by atoms with Crippen molar-refractivity contribution in [2.24, 2.45) is 0 Å². The minimum atomic E-state index is -0.627. The molecule has 0 bridgehead atoms. The summed E-state index contributed by atoms with van der Waals surface area (Å²) in [6.45, 7) is 0. The van der Waals surface area contributed by atoms with Gasteiger partial charge < -0.3 is 14.7 Å². The molecule has 2 aromatic rings. The molecular weight excluding hydrogens is 336 g/mol. The number of alkyl halides is 1. The lowest BCUT2D eigenvalue weighted by Crippen LogP contribution is -2.39. The van der Waals surface area contributed by atoms with Gasteiger partial charge in [-0.05, 0) is 43.4 Å². The monoisotopic (exact) mass is 352 g/mol. The topological polar surface area (TPSA) is 75.0 Å². The van der Waals surface area contributed by atoms with E-state index in [0.717, 1.165) is 24.8 Å². The largest absolute Gasteiger partial charge is 0.378 e. The Balaban J connectivity index is 1.91. The van der Waals surface area contributed by atoms with Crippen molar-refractivity contribution in [2.75, 3.05) is 7.11 Å². The van der Waals surface area contributed by atoms with E-state index in [1.54, 1.807) is 7.11 Å². The van der Waals surface area contributed by atoms with Crippen LogP contribution in [-0.2, 0) is 4.74 Å². The molecule has 21 heavy (non-hydrogen) atoms. The summed E-state index contributed by atoms with van der Waals surface area (Å²) in [5.41, 5.74) is 1.06. The average molecular weight is 353 g/mol. The summed E-state index contributed by atoms with van der Waals surface area (Å²) >= 11 is 3.71. The van der Waals surface area contributed by atoms with Gasteiger partial charge in [-0.1, -0.05) is 22.0 Å². The number of methoxy groups -OCH3 is 1. The van der Waals surface area contributed by atoms with Crippen LogP contribution in [0, 0.1) is 0 Å². The number of rotatable bonds is 4. The number of fused-ring (bicyclic) bond motifs is 1. The number of aromatic nitrogens is 2. The van der Waals surface area contributed by atoms with Crippen LogP contribution < -0.4 is 11.1 Å². The first-order chi connectivity index (χ1) is 10.0. The van der Waals surface area contributed by atoms with E-state index in [4.69, 9.17) is 4.74 Å². The van der Waals surface area contributed by atoms with Crippen LogP contribution in [0.3, 0.4) is 0 Å². The number of ether oxygens (including phenoxy) is 1. The highest BCUT2D eigenvalue weighted by atomic mass is 79.9. The van der Waals surface area contributed by atoms with Crippen molar-refractivity contribution in [3.8, 4) is 0 Å². The van der Waals surface area contributed by atoms with Gasteiger partial charge in [0, 0.05) is 11.9 Å². The molecule has 1 saturated carbocycles. The second-order valence-electron chi connectivity index (χ2n) is 5.63. The van der Waals surface area contributed by atoms with Crippen molar-refractivity contribution in [1.82, 2.24) is 9.97 Å². The maximum Gasteiger partial charge on any atom is 0.314 e. The van der Waals surface area contributed by atoms with Crippen LogP contribution in [0.5, 0.6) is 0 Å². The number of aromatic amines is 2. The van der Waals surface area contributed by atoms with E-state index in [-0.39, 0.29) is 10.4 Å². The minimum absolute atomic E-state index is 0.0263. The van der Waals surface area contributed by atoms with Gasteiger partial charge in [0.25, 0.3) is 0 Å². The third-order valence-electron chi connectivity index (χ3n) is 4.36. The van der Waals surface area contributed by atoms with Crippen molar-refractivity contribution in [3.05, 3.63) is 44.5 Å². The highest BCUT2D eigenvalue weighted by Crippen LogP contribution is 2.44. The van der Waals surface area contributed by atoms with Crippen molar-refractivity contribution in [3.63, 3.8) is 0 Å². The fourth-order valence-electron chi connectivity index (χ4n) is 2.83. The fraction of sp³-hybridized carbons (Fsp3) is 0.467. The molecule has 0 aliphatic heterocycles. The van der Waals surface area contributed by atoms with E-state index in [1.807, 2.05) is 18.2 Å². The lowest BCUT2D eigenvalue weighted by molar-refractivity contribution is -0.0773. The molecule has 112 valence electrons. The quantitative estimate of drug-likeness (QED) is 0.655. The predicted molar refractivity (Wildman–Crippen MR) is 85.1 cm³/mol. The Morgan fingerprint density at radius 1 is 1.24 bits per heavy atom. The van der Waals surface area contributed by atoms with Crippen molar-refractivity contribution < 1.29 is 4.74 Å². The van der Waals surface area contributed by atoms with Crippen LogP contribution in [0.15, 0.2) is 27.8 Å². The smallest absolute Gasteiger partial charge is 0.314 e. The minimum Gasteiger partial charge on any atom is -0.378 e. The number of halogens is 1. The van der Waals surface area contributed by atoms with E-state index in [2.05, 4.69) is 25.9 Å². The van der Waals surface area contributed by atoms with Crippen LogP contribution in [0.25, 0.3) is 11.0 Å². The molecule has 0 spiro atoms.